The van der Waals surface area contributed by atoms with Crippen LogP contribution in [0.4, 0.5) is 0 Å². The molecule has 1 fully saturated rings. The third-order valence-corrected chi connectivity index (χ3v) is 3.50. The number of carbonyl (C=O) groups is 1. The first-order valence-corrected chi connectivity index (χ1v) is 6.63. The molecule has 1 aliphatic carbocycles. The fourth-order valence-corrected chi connectivity index (χ4v) is 2.40. The second kappa shape index (κ2) is 5.60. The van der Waals surface area contributed by atoms with E-state index in [0.717, 1.165) is 25.7 Å². The Labute approximate surface area is 109 Å². The van der Waals surface area contributed by atoms with Crippen molar-refractivity contribution in [3.63, 3.8) is 0 Å². The van der Waals surface area contributed by atoms with Crippen molar-refractivity contribution < 1.29 is 4.79 Å². The monoisotopic (exact) mass is 297 g/mol. The number of nitrogens with two attached hydrogens (primary N) is 1. The Bertz CT molecular complexity index is 402. The molecule has 92 valence electrons. The van der Waals surface area contributed by atoms with Gasteiger partial charge in [-0.05, 0) is 53.7 Å². The van der Waals surface area contributed by atoms with E-state index in [1.54, 1.807) is 12.1 Å². The third kappa shape index (κ3) is 3.51. The van der Waals surface area contributed by atoms with Crippen molar-refractivity contribution in [2.45, 2.75) is 37.8 Å². The van der Waals surface area contributed by atoms with Gasteiger partial charge in [-0.25, -0.2) is 4.98 Å². The first kappa shape index (κ1) is 12.5. The maximum Gasteiger partial charge on any atom is 0.270 e. The first-order valence-electron chi connectivity index (χ1n) is 5.84. The lowest BCUT2D eigenvalue weighted by Gasteiger charge is -2.26. The van der Waals surface area contributed by atoms with Gasteiger partial charge in [-0.2, -0.15) is 0 Å². The summed E-state index contributed by atoms with van der Waals surface area (Å²) in [6.45, 7) is 0. The molecular weight excluding hydrogens is 282 g/mol. The minimum Gasteiger partial charge on any atom is -0.348 e. The number of rotatable bonds is 2. The van der Waals surface area contributed by atoms with Crippen LogP contribution in [0.2, 0.25) is 0 Å². The molecule has 1 saturated carbocycles. The van der Waals surface area contributed by atoms with Gasteiger partial charge in [0.2, 0.25) is 0 Å². The quantitative estimate of drug-likeness (QED) is 0.819. The van der Waals surface area contributed by atoms with Gasteiger partial charge >= 0.3 is 0 Å². The van der Waals surface area contributed by atoms with Gasteiger partial charge in [-0.15, -0.1) is 0 Å². The molecule has 1 amide bonds. The predicted octanol–water partition coefficient (Wildman–Crippen LogP) is 1.84. The fourth-order valence-electron chi connectivity index (χ4n) is 2.06. The summed E-state index contributed by atoms with van der Waals surface area (Å²) in [5.74, 6) is -0.105. The SMILES string of the molecule is NC1CCC(NC(=O)c2cccc(Br)n2)CC1. The highest BCUT2D eigenvalue weighted by Crippen LogP contribution is 2.17. The summed E-state index contributed by atoms with van der Waals surface area (Å²) in [4.78, 5) is 16.1. The van der Waals surface area contributed by atoms with Crippen LogP contribution in [0.3, 0.4) is 0 Å². The summed E-state index contributed by atoms with van der Waals surface area (Å²) in [7, 11) is 0. The number of halogens is 1. The Morgan fingerprint density at radius 1 is 1.35 bits per heavy atom. The Kier molecular flexibility index (Phi) is 4.12. The van der Waals surface area contributed by atoms with Crippen molar-refractivity contribution in [2.24, 2.45) is 5.73 Å². The van der Waals surface area contributed by atoms with Gasteiger partial charge in [0, 0.05) is 12.1 Å². The highest BCUT2D eigenvalue weighted by atomic mass is 79.9. The van der Waals surface area contributed by atoms with Crippen LogP contribution in [0.25, 0.3) is 0 Å². The van der Waals surface area contributed by atoms with Crippen LogP contribution >= 0.6 is 15.9 Å². The van der Waals surface area contributed by atoms with Crippen LogP contribution in [-0.2, 0) is 0 Å². The van der Waals surface area contributed by atoms with Crippen molar-refractivity contribution >= 4 is 21.8 Å². The summed E-state index contributed by atoms with van der Waals surface area (Å²) in [5.41, 5.74) is 6.28. The molecule has 1 aliphatic rings. The van der Waals surface area contributed by atoms with E-state index in [1.165, 1.54) is 0 Å². The number of nitrogens with zero attached hydrogens (tertiary/aromatic N) is 1. The van der Waals surface area contributed by atoms with Crippen LogP contribution in [0, 0.1) is 0 Å². The van der Waals surface area contributed by atoms with E-state index >= 15 is 0 Å². The van der Waals surface area contributed by atoms with Crippen LogP contribution in [0.1, 0.15) is 36.2 Å². The van der Waals surface area contributed by atoms with E-state index in [-0.39, 0.29) is 11.9 Å². The number of amides is 1. The minimum absolute atomic E-state index is 0.105. The molecule has 0 aromatic carbocycles. The topological polar surface area (TPSA) is 68.0 Å². The van der Waals surface area contributed by atoms with Gasteiger partial charge in [0.1, 0.15) is 10.3 Å². The van der Waals surface area contributed by atoms with Gasteiger partial charge in [-0.3, -0.25) is 4.79 Å². The maximum atomic E-state index is 11.9. The number of carbonyl (C=O) groups excluding carboxylic acids is 1. The lowest BCUT2D eigenvalue weighted by atomic mass is 9.92. The summed E-state index contributed by atoms with van der Waals surface area (Å²) < 4.78 is 0.677. The van der Waals surface area contributed by atoms with E-state index < -0.39 is 0 Å². The zero-order valence-electron chi connectivity index (χ0n) is 9.53. The molecule has 0 bridgehead atoms. The molecule has 2 rings (SSSR count). The zero-order chi connectivity index (χ0) is 12.3. The van der Waals surface area contributed by atoms with Gasteiger partial charge in [0.15, 0.2) is 0 Å². The average Bonchev–Trinajstić information content (AvgIpc) is 2.32. The lowest BCUT2D eigenvalue weighted by molar-refractivity contribution is 0.0920. The molecule has 3 N–H and O–H groups in total. The van der Waals surface area contributed by atoms with Crippen LogP contribution in [0.5, 0.6) is 0 Å². The molecular formula is C12H16BrN3O. The molecule has 1 aromatic rings. The van der Waals surface area contributed by atoms with Crippen LogP contribution in [0.15, 0.2) is 22.8 Å². The number of hydrogen-bond donors (Lipinski definition) is 2. The highest BCUT2D eigenvalue weighted by molar-refractivity contribution is 9.10. The van der Waals surface area contributed by atoms with Crippen molar-refractivity contribution in [3.05, 3.63) is 28.5 Å². The lowest BCUT2D eigenvalue weighted by Crippen LogP contribution is -2.40. The standard InChI is InChI=1S/C12H16BrN3O/c13-11-3-1-2-10(16-11)12(17)15-9-6-4-8(14)5-7-9/h1-3,8-9H,4-7,14H2,(H,15,17). The van der Waals surface area contributed by atoms with Crippen molar-refractivity contribution in [1.82, 2.24) is 10.3 Å². The second-order valence-electron chi connectivity index (χ2n) is 4.43. The Hall–Kier alpha value is -0.940. The van der Waals surface area contributed by atoms with Gasteiger partial charge in [0.05, 0.1) is 0 Å². The molecule has 0 radical (unpaired) electrons. The number of aromatic nitrogens is 1. The summed E-state index contributed by atoms with van der Waals surface area (Å²) in [5, 5.41) is 3.01. The summed E-state index contributed by atoms with van der Waals surface area (Å²) >= 11 is 3.26. The van der Waals surface area contributed by atoms with E-state index in [9.17, 15) is 4.79 Å². The highest BCUT2D eigenvalue weighted by Gasteiger charge is 2.20. The molecule has 0 spiro atoms. The number of nitrogens with one attached hydrogen (secondary N) is 1. The van der Waals surface area contributed by atoms with Crippen molar-refractivity contribution in [3.8, 4) is 0 Å². The molecule has 1 aromatic heterocycles. The Balaban J connectivity index is 1.93. The molecule has 0 unspecified atom stereocenters. The molecule has 4 nitrogen and oxygen atoms in total. The molecule has 0 saturated heterocycles. The summed E-state index contributed by atoms with van der Waals surface area (Å²) in [6, 6.07) is 5.86. The third-order valence-electron chi connectivity index (χ3n) is 3.05. The van der Waals surface area contributed by atoms with Gasteiger partial charge in [-0.1, -0.05) is 6.07 Å². The van der Waals surface area contributed by atoms with Gasteiger partial charge in [0.25, 0.3) is 5.91 Å². The Morgan fingerprint density at radius 3 is 2.71 bits per heavy atom. The summed E-state index contributed by atoms with van der Waals surface area (Å²) in [6.07, 6.45) is 3.88. The Morgan fingerprint density at radius 2 is 2.06 bits per heavy atom. The second-order valence-corrected chi connectivity index (χ2v) is 5.24. The predicted molar refractivity (Wildman–Crippen MR) is 69.6 cm³/mol. The first-order chi connectivity index (χ1) is 8.15. The fraction of sp³-hybridized carbons (Fsp3) is 0.500. The molecule has 0 aliphatic heterocycles. The normalized spacial score (nSPS) is 24.4. The van der Waals surface area contributed by atoms with E-state index in [0.29, 0.717) is 16.3 Å². The molecule has 17 heavy (non-hydrogen) atoms. The van der Waals surface area contributed by atoms with Crippen molar-refractivity contribution in [1.29, 1.82) is 0 Å². The van der Waals surface area contributed by atoms with Crippen LogP contribution in [-0.4, -0.2) is 23.0 Å². The van der Waals surface area contributed by atoms with Crippen molar-refractivity contribution in [2.75, 3.05) is 0 Å². The largest absolute Gasteiger partial charge is 0.348 e. The van der Waals surface area contributed by atoms with E-state index in [4.69, 9.17) is 5.73 Å². The molecule has 5 heteroatoms. The number of pyridine rings is 1. The minimum atomic E-state index is -0.105. The number of hydrogen-bond acceptors (Lipinski definition) is 3. The molecule has 1 heterocycles. The zero-order valence-corrected chi connectivity index (χ0v) is 11.1. The smallest absolute Gasteiger partial charge is 0.270 e. The average molecular weight is 298 g/mol. The van der Waals surface area contributed by atoms with Crippen LogP contribution < -0.4 is 11.1 Å². The van der Waals surface area contributed by atoms with E-state index in [1.807, 2.05) is 6.07 Å². The maximum absolute atomic E-state index is 11.9. The van der Waals surface area contributed by atoms with E-state index in [2.05, 4.69) is 26.2 Å². The molecule has 0 atom stereocenters. The van der Waals surface area contributed by atoms with Gasteiger partial charge < -0.3 is 11.1 Å².